The molecule has 3 atom stereocenters. The lowest BCUT2D eigenvalue weighted by Gasteiger charge is -2.28. The van der Waals surface area contributed by atoms with Crippen molar-refractivity contribution in [2.45, 2.75) is 50.3 Å². The number of amides is 1. The molecule has 1 aliphatic carbocycles. The molecule has 0 bridgehead atoms. The Labute approximate surface area is 142 Å². The van der Waals surface area contributed by atoms with Gasteiger partial charge in [-0.15, -0.1) is 0 Å². The normalized spacial score (nSPS) is 32.5. The fraction of sp³-hybridized carbons (Fsp3) is 0.632. The van der Waals surface area contributed by atoms with Crippen LogP contribution in [0.3, 0.4) is 0 Å². The molecule has 4 nitrogen and oxygen atoms in total. The third-order valence-electron chi connectivity index (χ3n) is 6.12. The number of rotatable bonds is 4. The van der Waals surface area contributed by atoms with Crippen LogP contribution in [0.15, 0.2) is 24.3 Å². The average Bonchev–Trinajstić information content (AvgIpc) is 3.26. The Bertz CT molecular complexity index is 631. The number of hydrogen-bond acceptors (Lipinski definition) is 3. The van der Waals surface area contributed by atoms with Crippen molar-refractivity contribution in [1.29, 1.82) is 0 Å². The molecule has 0 aromatic heterocycles. The van der Waals surface area contributed by atoms with Gasteiger partial charge in [0.15, 0.2) is 0 Å². The van der Waals surface area contributed by atoms with Crippen molar-refractivity contribution in [3.8, 4) is 0 Å². The highest BCUT2D eigenvalue weighted by atomic mass is 19.1. The highest BCUT2D eigenvalue weighted by Gasteiger charge is 2.51. The van der Waals surface area contributed by atoms with Crippen LogP contribution in [0, 0.1) is 11.7 Å². The monoisotopic (exact) mass is 332 g/mol. The Kier molecular flexibility index (Phi) is 3.88. The van der Waals surface area contributed by atoms with Gasteiger partial charge in [0.1, 0.15) is 5.82 Å². The fourth-order valence-electron chi connectivity index (χ4n) is 4.40. The second-order valence-corrected chi connectivity index (χ2v) is 7.66. The van der Waals surface area contributed by atoms with Crippen LogP contribution in [-0.2, 0) is 4.79 Å². The highest BCUT2D eigenvalue weighted by molar-refractivity contribution is 5.84. The predicted molar refractivity (Wildman–Crippen MR) is 88.8 cm³/mol. The molecule has 5 heteroatoms. The molecule has 0 spiro atoms. The van der Waals surface area contributed by atoms with E-state index in [1.165, 1.54) is 12.1 Å². The smallest absolute Gasteiger partial charge is 0.240 e. The summed E-state index contributed by atoms with van der Waals surface area (Å²) < 4.78 is 13.1. The molecule has 1 amide bonds. The van der Waals surface area contributed by atoms with Crippen LogP contribution in [0.1, 0.15) is 44.2 Å². The summed E-state index contributed by atoms with van der Waals surface area (Å²) in [5.74, 6) is 0.327. The van der Waals surface area contributed by atoms with Crippen LogP contribution >= 0.6 is 0 Å². The summed E-state index contributed by atoms with van der Waals surface area (Å²) in [6, 6.07) is 6.24. The van der Waals surface area contributed by atoms with Crippen LogP contribution < -0.4 is 0 Å². The van der Waals surface area contributed by atoms with Crippen molar-refractivity contribution < 1.29 is 14.3 Å². The van der Waals surface area contributed by atoms with Crippen LogP contribution in [0.2, 0.25) is 0 Å². The van der Waals surface area contributed by atoms with Gasteiger partial charge in [0.05, 0.1) is 17.7 Å². The van der Waals surface area contributed by atoms with Crippen molar-refractivity contribution >= 4 is 5.91 Å². The van der Waals surface area contributed by atoms with E-state index in [2.05, 4.69) is 4.90 Å². The molecule has 2 aliphatic heterocycles. The number of carbonyl (C=O) groups excluding carboxylic acids is 1. The Hall–Kier alpha value is -1.46. The van der Waals surface area contributed by atoms with E-state index in [0.717, 1.165) is 44.3 Å². The van der Waals surface area contributed by atoms with E-state index < -0.39 is 5.60 Å². The molecule has 24 heavy (non-hydrogen) atoms. The first-order chi connectivity index (χ1) is 11.5. The van der Waals surface area contributed by atoms with E-state index in [0.29, 0.717) is 12.5 Å². The number of nitrogens with zero attached hydrogens (tertiary/aromatic N) is 2. The number of benzene rings is 1. The molecule has 130 valence electrons. The zero-order valence-corrected chi connectivity index (χ0v) is 14.1. The van der Waals surface area contributed by atoms with Gasteiger partial charge in [-0.3, -0.25) is 9.69 Å². The second-order valence-electron chi connectivity index (χ2n) is 7.66. The molecule has 0 radical (unpaired) electrons. The molecule has 4 rings (SSSR count). The molecular weight excluding hydrogens is 307 g/mol. The van der Waals surface area contributed by atoms with Crippen molar-refractivity contribution in [2.24, 2.45) is 5.92 Å². The van der Waals surface area contributed by atoms with E-state index in [1.54, 1.807) is 12.1 Å². The topological polar surface area (TPSA) is 43.8 Å². The maximum atomic E-state index is 13.1. The van der Waals surface area contributed by atoms with Gasteiger partial charge in [0.2, 0.25) is 5.91 Å². The molecule has 3 aliphatic rings. The fourth-order valence-corrected chi connectivity index (χ4v) is 4.40. The van der Waals surface area contributed by atoms with Crippen LogP contribution in [0.4, 0.5) is 4.39 Å². The lowest BCUT2D eigenvalue weighted by Crippen LogP contribution is -2.44. The number of halogens is 1. The molecular formula is C19H25FN2O2. The number of hydrogen-bond donors (Lipinski definition) is 1. The minimum absolute atomic E-state index is 0.0481. The molecule has 2 saturated heterocycles. The Morgan fingerprint density at radius 2 is 1.92 bits per heavy atom. The molecule has 3 fully saturated rings. The first-order valence-electron chi connectivity index (χ1n) is 9.00. The average molecular weight is 332 g/mol. The molecule has 1 N–H and O–H groups in total. The Morgan fingerprint density at radius 3 is 2.58 bits per heavy atom. The minimum atomic E-state index is -0.573. The Morgan fingerprint density at radius 1 is 1.21 bits per heavy atom. The molecule has 1 aromatic rings. The quantitative estimate of drug-likeness (QED) is 0.920. The SMILES string of the molecule is CC(c1ccc(F)cc1)N1CCC(N2CCC(O)(C3CC3)C2)C1=O. The van der Waals surface area contributed by atoms with Gasteiger partial charge in [-0.25, -0.2) is 4.39 Å². The maximum Gasteiger partial charge on any atom is 0.240 e. The maximum absolute atomic E-state index is 13.1. The van der Waals surface area contributed by atoms with Gasteiger partial charge in [-0.2, -0.15) is 0 Å². The minimum Gasteiger partial charge on any atom is -0.388 e. The summed E-state index contributed by atoms with van der Waals surface area (Å²) in [4.78, 5) is 17.0. The third kappa shape index (κ3) is 2.74. The van der Waals surface area contributed by atoms with E-state index in [4.69, 9.17) is 0 Å². The summed E-state index contributed by atoms with van der Waals surface area (Å²) in [5.41, 5.74) is 0.386. The summed E-state index contributed by atoms with van der Waals surface area (Å²) in [6.07, 6.45) is 3.84. The summed E-state index contributed by atoms with van der Waals surface area (Å²) in [5, 5.41) is 10.7. The summed E-state index contributed by atoms with van der Waals surface area (Å²) in [7, 11) is 0. The van der Waals surface area contributed by atoms with Gasteiger partial charge in [0.25, 0.3) is 0 Å². The summed E-state index contributed by atoms with van der Waals surface area (Å²) in [6.45, 7) is 4.16. The van der Waals surface area contributed by atoms with Gasteiger partial charge >= 0.3 is 0 Å². The third-order valence-corrected chi connectivity index (χ3v) is 6.12. The van der Waals surface area contributed by atoms with Gasteiger partial charge in [-0.1, -0.05) is 12.1 Å². The lowest BCUT2D eigenvalue weighted by atomic mass is 9.97. The summed E-state index contributed by atoms with van der Waals surface area (Å²) >= 11 is 0. The largest absolute Gasteiger partial charge is 0.388 e. The van der Waals surface area contributed by atoms with Crippen LogP contribution in [0.5, 0.6) is 0 Å². The molecule has 1 saturated carbocycles. The number of carbonyl (C=O) groups is 1. The van der Waals surface area contributed by atoms with Crippen molar-refractivity contribution in [3.05, 3.63) is 35.6 Å². The zero-order valence-electron chi connectivity index (χ0n) is 14.1. The van der Waals surface area contributed by atoms with Crippen LogP contribution in [-0.4, -0.2) is 52.1 Å². The van der Waals surface area contributed by atoms with Crippen molar-refractivity contribution in [1.82, 2.24) is 9.80 Å². The van der Waals surface area contributed by atoms with Gasteiger partial charge in [0, 0.05) is 19.6 Å². The Balaban J connectivity index is 1.43. The van der Waals surface area contributed by atoms with Gasteiger partial charge in [-0.05, 0) is 56.2 Å². The number of β-amino-alcohol motifs (C(OH)–C–C–N with tert-alkyl or cyclic N) is 1. The molecule has 3 unspecified atom stereocenters. The van der Waals surface area contributed by atoms with E-state index in [-0.39, 0.29) is 23.8 Å². The van der Waals surface area contributed by atoms with E-state index in [1.807, 2.05) is 11.8 Å². The standard InChI is InChI=1S/C19H25FN2O2/c1-13(14-2-6-16(20)7-3-14)22-10-8-17(18(22)23)21-11-9-19(24,12-21)15-4-5-15/h2-3,6-7,13,15,17,24H,4-5,8-12H2,1H3. The van der Waals surface area contributed by atoms with Crippen LogP contribution in [0.25, 0.3) is 0 Å². The first kappa shape index (κ1) is 16.0. The van der Waals surface area contributed by atoms with Crippen molar-refractivity contribution in [3.63, 3.8) is 0 Å². The van der Waals surface area contributed by atoms with E-state index in [9.17, 15) is 14.3 Å². The van der Waals surface area contributed by atoms with Crippen molar-refractivity contribution in [2.75, 3.05) is 19.6 Å². The molecule has 2 heterocycles. The first-order valence-corrected chi connectivity index (χ1v) is 9.00. The second kappa shape index (κ2) is 5.81. The zero-order chi connectivity index (χ0) is 16.9. The number of likely N-dealkylation sites (tertiary alicyclic amines) is 2. The predicted octanol–water partition coefficient (Wildman–Crippen LogP) is 2.33. The molecule has 1 aromatic carbocycles. The lowest BCUT2D eigenvalue weighted by molar-refractivity contribution is -0.133. The van der Waals surface area contributed by atoms with E-state index >= 15 is 0 Å². The van der Waals surface area contributed by atoms with Gasteiger partial charge < -0.3 is 10.0 Å². The number of aliphatic hydroxyl groups is 1. The highest BCUT2D eigenvalue weighted by Crippen LogP contribution is 2.45.